The summed E-state index contributed by atoms with van der Waals surface area (Å²) in [5.74, 6) is 0. The van der Waals surface area contributed by atoms with Gasteiger partial charge in [-0.25, -0.2) is 8.42 Å². The number of nitrogens with one attached hydrogen (secondary N) is 1. The van der Waals surface area contributed by atoms with Crippen LogP contribution < -0.4 is 5.32 Å². The van der Waals surface area contributed by atoms with Crippen LogP contribution in [0, 0.1) is 0 Å². The molecule has 0 spiro atoms. The van der Waals surface area contributed by atoms with E-state index < -0.39 is 10.0 Å². The molecule has 3 rings (SSSR count). The van der Waals surface area contributed by atoms with Gasteiger partial charge in [0.05, 0.1) is 4.90 Å². The highest BCUT2D eigenvalue weighted by Crippen LogP contribution is 2.28. The van der Waals surface area contributed by atoms with Gasteiger partial charge < -0.3 is 5.32 Å². The van der Waals surface area contributed by atoms with Crippen LogP contribution in [0.5, 0.6) is 0 Å². The van der Waals surface area contributed by atoms with Crippen LogP contribution in [0.4, 0.5) is 0 Å². The van der Waals surface area contributed by atoms with Crippen molar-refractivity contribution in [3.8, 4) is 0 Å². The van der Waals surface area contributed by atoms with Crippen LogP contribution in [-0.4, -0.2) is 31.9 Å². The number of hydrogen-bond donors (Lipinski definition) is 1. The molecule has 1 N–H and O–H groups in total. The number of rotatable bonds is 5. The Morgan fingerprint density at radius 3 is 2.90 bits per heavy atom. The van der Waals surface area contributed by atoms with Crippen LogP contribution in [0.2, 0.25) is 0 Å². The minimum absolute atomic E-state index is 0.489. The molecule has 1 aliphatic heterocycles. The Balaban J connectivity index is 1.78. The summed E-state index contributed by atoms with van der Waals surface area (Å²) in [5, 5.41) is 5.27. The molecule has 0 saturated heterocycles. The lowest BCUT2D eigenvalue weighted by Crippen LogP contribution is -2.35. The van der Waals surface area contributed by atoms with Gasteiger partial charge in [-0.15, -0.1) is 11.3 Å². The van der Waals surface area contributed by atoms with Crippen LogP contribution in [0.15, 0.2) is 28.0 Å². The van der Waals surface area contributed by atoms with E-state index in [2.05, 4.69) is 12.2 Å². The first-order chi connectivity index (χ1) is 9.57. The monoisotopic (exact) mass is 312 g/mol. The van der Waals surface area contributed by atoms with Crippen molar-refractivity contribution < 1.29 is 8.42 Å². The minimum atomic E-state index is -3.34. The van der Waals surface area contributed by atoms with Crippen molar-refractivity contribution in [2.75, 3.05) is 13.1 Å². The Labute approximate surface area is 124 Å². The Hall–Kier alpha value is -0.690. The van der Waals surface area contributed by atoms with Gasteiger partial charge in [-0.2, -0.15) is 4.31 Å². The zero-order valence-corrected chi connectivity index (χ0v) is 13.3. The highest BCUT2D eigenvalue weighted by atomic mass is 32.2. The molecule has 110 valence electrons. The summed E-state index contributed by atoms with van der Waals surface area (Å²) in [5.41, 5.74) is 1.28. The zero-order chi connectivity index (χ0) is 14.2. The fourth-order valence-electron chi connectivity index (χ4n) is 2.32. The molecule has 20 heavy (non-hydrogen) atoms. The third-order valence-corrected chi connectivity index (χ3v) is 6.85. The summed E-state index contributed by atoms with van der Waals surface area (Å²) in [6, 6.07) is 2.34. The average molecular weight is 312 g/mol. The second-order valence-corrected chi connectivity index (χ2v) is 8.43. The molecule has 4 nitrogen and oxygen atoms in total. The van der Waals surface area contributed by atoms with Crippen molar-refractivity contribution in [1.29, 1.82) is 0 Å². The van der Waals surface area contributed by atoms with Gasteiger partial charge in [0, 0.05) is 30.6 Å². The first kappa shape index (κ1) is 14.3. The Kier molecular flexibility index (Phi) is 3.99. The van der Waals surface area contributed by atoms with Gasteiger partial charge in [-0.05, 0) is 37.6 Å². The third kappa shape index (κ3) is 2.98. The van der Waals surface area contributed by atoms with Crippen LogP contribution in [0.25, 0.3) is 0 Å². The van der Waals surface area contributed by atoms with Crippen molar-refractivity contribution in [1.82, 2.24) is 9.62 Å². The van der Waals surface area contributed by atoms with Gasteiger partial charge >= 0.3 is 0 Å². The van der Waals surface area contributed by atoms with Gasteiger partial charge in [0.1, 0.15) is 0 Å². The molecule has 1 aromatic rings. The molecule has 0 aromatic carbocycles. The summed E-state index contributed by atoms with van der Waals surface area (Å²) in [4.78, 5) is 1.42. The normalized spacial score (nSPS) is 20.9. The predicted molar refractivity (Wildman–Crippen MR) is 81.3 cm³/mol. The largest absolute Gasteiger partial charge is 0.309 e. The first-order valence-corrected chi connectivity index (χ1v) is 9.35. The zero-order valence-electron chi connectivity index (χ0n) is 11.6. The Morgan fingerprint density at radius 2 is 2.25 bits per heavy atom. The van der Waals surface area contributed by atoms with E-state index in [9.17, 15) is 8.42 Å². The maximum Gasteiger partial charge on any atom is 0.244 e. The standard InChI is InChI=1S/C14H20N2O2S2/c1-11-4-7-16(8-5-11)20(17,18)14-6-9-19-13(14)10-15-12-2-3-12/h4,6,9,12,15H,2-3,5,7-8,10H2,1H3. The maximum atomic E-state index is 12.7. The van der Waals surface area contributed by atoms with Crippen molar-refractivity contribution in [2.24, 2.45) is 0 Å². The Morgan fingerprint density at radius 1 is 1.45 bits per heavy atom. The van der Waals surface area contributed by atoms with Gasteiger partial charge in [-0.3, -0.25) is 0 Å². The predicted octanol–water partition coefficient (Wildman–Crippen LogP) is 2.34. The molecule has 6 heteroatoms. The number of nitrogens with zero attached hydrogens (tertiary/aromatic N) is 1. The quantitative estimate of drug-likeness (QED) is 0.849. The van der Waals surface area contributed by atoms with E-state index in [-0.39, 0.29) is 0 Å². The smallest absolute Gasteiger partial charge is 0.244 e. The molecule has 0 radical (unpaired) electrons. The van der Waals surface area contributed by atoms with E-state index in [4.69, 9.17) is 0 Å². The molecule has 0 bridgehead atoms. The summed E-state index contributed by atoms with van der Waals surface area (Å²) < 4.78 is 27.0. The van der Waals surface area contributed by atoms with Gasteiger partial charge in [0.25, 0.3) is 0 Å². The molecule has 0 atom stereocenters. The number of sulfonamides is 1. The second-order valence-electron chi connectivity index (χ2n) is 5.53. The maximum absolute atomic E-state index is 12.7. The summed E-state index contributed by atoms with van der Waals surface area (Å²) in [6.07, 6.45) is 5.27. The molecule has 0 unspecified atom stereocenters. The minimum Gasteiger partial charge on any atom is -0.309 e. The lowest BCUT2D eigenvalue weighted by atomic mass is 10.1. The average Bonchev–Trinajstić information content (AvgIpc) is 3.13. The van der Waals surface area contributed by atoms with Gasteiger partial charge in [0.15, 0.2) is 0 Å². The molecule has 1 fully saturated rings. The number of hydrogen-bond acceptors (Lipinski definition) is 4. The summed E-state index contributed by atoms with van der Waals surface area (Å²) in [7, 11) is -3.34. The molecule has 1 aliphatic carbocycles. The lowest BCUT2D eigenvalue weighted by molar-refractivity contribution is 0.431. The SMILES string of the molecule is CC1=CCN(S(=O)(=O)c2ccsc2CNC2CC2)CC1. The molecule has 1 saturated carbocycles. The van der Waals surface area contributed by atoms with Crippen molar-refractivity contribution in [2.45, 2.75) is 43.7 Å². The fraction of sp³-hybridized carbons (Fsp3) is 0.571. The fourth-order valence-corrected chi connectivity index (χ4v) is 5.07. The van der Waals surface area contributed by atoms with Crippen LogP contribution in [0.1, 0.15) is 31.1 Å². The van der Waals surface area contributed by atoms with Crippen molar-refractivity contribution in [3.05, 3.63) is 28.0 Å². The van der Waals surface area contributed by atoms with E-state index in [1.807, 2.05) is 11.5 Å². The van der Waals surface area contributed by atoms with E-state index in [1.165, 1.54) is 29.8 Å². The molecular formula is C14H20N2O2S2. The number of thiophene rings is 1. The van der Waals surface area contributed by atoms with E-state index in [1.54, 1.807) is 10.4 Å². The van der Waals surface area contributed by atoms with E-state index >= 15 is 0 Å². The van der Waals surface area contributed by atoms with Gasteiger partial charge in [0.2, 0.25) is 10.0 Å². The van der Waals surface area contributed by atoms with Crippen LogP contribution >= 0.6 is 11.3 Å². The first-order valence-electron chi connectivity index (χ1n) is 7.03. The third-order valence-electron chi connectivity index (χ3n) is 3.85. The van der Waals surface area contributed by atoms with Crippen molar-refractivity contribution >= 4 is 21.4 Å². The molecule has 0 amide bonds. The van der Waals surface area contributed by atoms with Gasteiger partial charge in [-0.1, -0.05) is 11.6 Å². The van der Waals surface area contributed by atoms with E-state index in [0.717, 1.165) is 11.3 Å². The highest BCUT2D eigenvalue weighted by molar-refractivity contribution is 7.89. The van der Waals surface area contributed by atoms with E-state index in [0.29, 0.717) is 30.6 Å². The highest BCUT2D eigenvalue weighted by Gasteiger charge is 2.29. The molecule has 2 aliphatic rings. The van der Waals surface area contributed by atoms with Crippen molar-refractivity contribution in [3.63, 3.8) is 0 Å². The van der Waals surface area contributed by atoms with Crippen LogP contribution in [-0.2, 0) is 16.6 Å². The summed E-state index contributed by atoms with van der Waals surface area (Å²) in [6.45, 7) is 3.81. The van der Waals surface area contributed by atoms with Crippen LogP contribution in [0.3, 0.4) is 0 Å². The Bertz CT molecular complexity index is 615. The second kappa shape index (κ2) is 5.60. The molecule has 2 heterocycles. The lowest BCUT2D eigenvalue weighted by Gasteiger charge is -2.24. The topological polar surface area (TPSA) is 49.4 Å². The molecular weight excluding hydrogens is 292 g/mol. The molecule has 1 aromatic heterocycles. The summed E-state index contributed by atoms with van der Waals surface area (Å²) >= 11 is 1.53.